The van der Waals surface area contributed by atoms with E-state index in [-0.39, 0.29) is 17.9 Å². The third kappa shape index (κ3) is 3.26. The molecule has 90 valence electrons. The predicted octanol–water partition coefficient (Wildman–Crippen LogP) is 0.281. The van der Waals surface area contributed by atoms with Crippen LogP contribution in [0.4, 0.5) is 5.69 Å². The van der Waals surface area contributed by atoms with Gasteiger partial charge in [-0.25, -0.2) is 9.59 Å². The van der Waals surface area contributed by atoms with E-state index in [0.29, 0.717) is 0 Å². The van der Waals surface area contributed by atoms with Crippen LogP contribution in [0.2, 0.25) is 0 Å². The Labute approximate surface area is 96.4 Å². The molecular formula is C10H10N2O5. The lowest BCUT2D eigenvalue weighted by atomic mass is 10.2. The van der Waals surface area contributed by atoms with Crippen molar-refractivity contribution >= 4 is 23.5 Å². The SMILES string of the molecule is CCOC(=O)C(=O)Nc1cnccc1C(=O)O. The van der Waals surface area contributed by atoms with E-state index in [9.17, 15) is 14.4 Å². The number of carboxylic acid groups (broad SMARTS) is 1. The molecule has 1 rings (SSSR count). The number of carbonyl (C=O) groups excluding carboxylic acids is 2. The number of nitrogens with one attached hydrogen (secondary N) is 1. The van der Waals surface area contributed by atoms with E-state index in [1.807, 2.05) is 0 Å². The van der Waals surface area contributed by atoms with Gasteiger partial charge in [0, 0.05) is 6.20 Å². The van der Waals surface area contributed by atoms with Gasteiger partial charge in [-0.05, 0) is 13.0 Å². The van der Waals surface area contributed by atoms with Crippen molar-refractivity contribution in [2.75, 3.05) is 11.9 Å². The molecule has 0 aliphatic rings. The number of aromatic carboxylic acids is 1. The van der Waals surface area contributed by atoms with Crippen LogP contribution in [0.3, 0.4) is 0 Å². The molecule has 0 radical (unpaired) electrons. The molecule has 0 atom stereocenters. The molecule has 7 heteroatoms. The Kier molecular flexibility index (Phi) is 4.15. The van der Waals surface area contributed by atoms with Gasteiger partial charge in [-0.2, -0.15) is 0 Å². The van der Waals surface area contributed by atoms with E-state index in [1.54, 1.807) is 6.92 Å². The number of rotatable bonds is 3. The first-order chi connectivity index (χ1) is 8.06. The van der Waals surface area contributed by atoms with Gasteiger partial charge >= 0.3 is 17.8 Å². The molecule has 1 heterocycles. The lowest BCUT2D eigenvalue weighted by molar-refractivity contribution is -0.152. The van der Waals surface area contributed by atoms with Gasteiger partial charge in [-0.1, -0.05) is 0 Å². The minimum Gasteiger partial charge on any atom is -0.478 e. The van der Waals surface area contributed by atoms with Crippen LogP contribution < -0.4 is 5.32 Å². The summed E-state index contributed by atoms with van der Waals surface area (Å²) in [6.45, 7) is 1.61. The molecule has 0 saturated heterocycles. The predicted molar refractivity (Wildman–Crippen MR) is 56.5 cm³/mol. The number of ether oxygens (including phenoxy) is 1. The van der Waals surface area contributed by atoms with Crippen molar-refractivity contribution in [3.63, 3.8) is 0 Å². The molecule has 0 fully saturated rings. The van der Waals surface area contributed by atoms with E-state index in [4.69, 9.17) is 5.11 Å². The molecule has 7 nitrogen and oxygen atoms in total. The number of carbonyl (C=O) groups is 3. The summed E-state index contributed by atoms with van der Waals surface area (Å²) < 4.78 is 4.46. The summed E-state index contributed by atoms with van der Waals surface area (Å²) >= 11 is 0. The second-order valence-corrected chi connectivity index (χ2v) is 2.90. The number of esters is 1. The van der Waals surface area contributed by atoms with Crippen LogP contribution >= 0.6 is 0 Å². The molecule has 0 spiro atoms. The van der Waals surface area contributed by atoms with Crippen molar-refractivity contribution in [3.8, 4) is 0 Å². The van der Waals surface area contributed by atoms with Crippen molar-refractivity contribution in [1.29, 1.82) is 0 Å². The number of aromatic nitrogens is 1. The lowest BCUT2D eigenvalue weighted by Gasteiger charge is -2.06. The van der Waals surface area contributed by atoms with E-state index >= 15 is 0 Å². The van der Waals surface area contributed by atoms with Crippen LogP contribution in [-0.4, -0.2) is 34.5 Å². The van der Waals surface area contributed by atoms with Crippen molar-refractivity contribution in [3.05, 3.63) is 24.0 Å². The van der Waals surface area contributed by atoms with Crippen molar-refractivity contribution < 1.29 is 24.2 Å². The fourth-order valence-electron chi connectivity index (χ4n) is 1.05. The summed E-state index contributed by atoms with van der Waals surface area (Å²) in [4.78, 5) is 36.8. The third-order valence-electron chi connectivity index (χ3n) is 1.76. The van der Waals surface area contributed by atoms with Crippen LogP contribution in [0.15, 0.2) is 18.5 Å². The maximum Gasteiger partial charge on any atom is 0.397 e. The summed E-state index contributed by atoms with van der Waals surface area (Å²) in [6.07, 6.45) is 2.41. The fourth-order valence-corrected chi connectivity index (χ4v) is 1.05. The minimum atomic E-state index is -1.23. The quantitative estimate of drug-likeness (QED) is 0.578. The summed E-state index contributed by atoms with van der Waals surface area (Å²) in [7, 11) is 0. The van der Waals surface area contributed by atoms with Gasteiger partial charge in [0.05, 0.1) is 24.1 Å². The largest absolute Gasteiger partial charge is 0.478 e. The molecular weight excluding hydrogens is 228 g/mol. The Bertz CT molecular complexity index is 458. The van der Waals surface area contributed by atoms with Gasteiger partial charge in [0.15, 0.2) is 0 Å². The Balaban J connectivity index is 2.85. The van der Waals surface area contributed by atoms with Crippen LogP contribution in [0, 0.1) is 0 Å². The van der Waals surface area contributed by atoms with Crippen LogP contribution in [0.25, 0.3) is 0 Å². The lowest BCUT2D eigenvalue weighted by Crippen LogP contribution is -2.26. The summed E-state index contributed by atoms with van der Waals surface area (Å²) in [6, 6.07) is 1.21. The van der Waals surface area contributed by atoms with Gasteiger partial charge in [0.1, 0.15) is 0 Å². The van der Waals surface area contributed by atoms with E-state index in [2.05, 4.69) is 15.0 Å². The number of carboxylic acids is 1. The van der Waals surface area contributed by atoms with Gasteiger partial charge in [0.25, 0.3) is 0 Å². The molecule has 2 N–H and O–H groups in total. The first-order valence-electron chi connectivity index (χ1n) is 4.71. The first-order valence-corrected chi connectivity index (χ1v) is 4.71. The Morgan fingerprint density at radius 3 is 2.76 bits per heavy atom. The average molecular weight is 238 g/mol. The highest BCUT2D eigenvalue weighted by Gasteiger charge is 2.18. The monoisotopic (exact) mass is 238 g/mol. The van der Waals surface area contributed by atoms with Crippen molar-refractivity contribution in [1.82, 2.24) is 4.98 Å². The number of hydrogen-bond donors (Lipinski definition) is 2. The highest BCUT2D eigenvalue weighted by atomic mass is 16.5. The topological polar surface area (TPSA) is 106 Å². The number of pyridine rings is 1. The fraction of sp³-hybridized carbons (Fsp3) is 0.200. The van der Waals surface area contributed by atoms with Gasteiger partial charge in [-0.15, -0.1) is 0 Å². The van der Waals surface area contributed by atoms with Crippen molar-refractivity contribution in [2.45, 2.75) is 6.92 Å². The summed E-state index contributed by atoms with van der Waals surface area (Å²) in [5.74, 6) is -3.35. The molecule has 0 aliphatic carbocycles. The molecule has 0 aromatic carbocycles. The van der Waals surface area contributed by atoms with Gasteiger partial charge in [-0.3, -0.25) is 9.78 Å². The maximum absolute atomic E-state index is 11.3. The second kappa shape index (κ2) is 5.59. The summed E-state index contributed by atoms with van der Waals surface area (Å²) in [5.41, 5.74) is -0.212. The zero-order chi connectivity index (χ0) is 12.8. The Hall–Kier alpha value is -2.44. The van der Waals surface area contributed by atoms with Gasteiger partial charge < -0.3 is 15.2 Å². The normalized spacial score (nSPS) is 9.47. The van der Waals surface area contributed by atoms with Gasteiger partial charge in [0.2, 0.25) is 0 Å². The minimum absolute atomic E-state index is 0.0574. The van der Waals surface area contributed by atoms with Crippen LogP contribution in [0.1, 0.15) is 17.3 Å². The number of anilines is 1. The zero-order valence-corrected chi connectivity index (χ0v) is 8.97. The average Bonchev–Trinajstić information content (AvgIpc) is 2.29. The molecule has 0 bridgehead atoms. The first kappa shape index (κ1) is 12.6. The molecule has 17 heavy (non-hydrogen) atoms. The number of nitrogens with zero attached hydrogens (tertiary/aromatic N) is 1. The molecule has 0 aliphatic heterocycles. The van der Waals surface area contributed by atoms with Crippen LogP contribution in [0.5, 0.6) is 0 Å². The second-order valence-electron chi connectivity index (χ2n) is 2.90. The molecule has 1 aromatic rings. The highest BCUT2D eigenvalue weighted by molar-refractivity contribution is 6.37. The molecule has 0 unspecified atom stereocenters. The molecule has 0 saturated carbocycles. The maximum atomic E-state index is 11.3. The third-order valence-corrected chi connectivity index (χ3v) is 1.76. The zero-order valence-electron chi connectivity index (χ0n) is 8.97. The molecule has 1 amide bonds. The standard InChI is InChI=1S/C10H10N2O5/c1-2-17-10(16)8(13)12-7-5-11-4-3-6(7)9(14)15/h3-5H,2H2,1H3,(H,12,13)(H,14,15). The van der Waals surface area contributed by atoms with Crippen molar-refractivity contribution in [2.24, 2.45) is 0 Å². The molecule has 1 aromatic heterocycles. The number of hydrogen-bond acceptors (Lipinski definition) is 5. The van der Waals surface area contributed by atoms with E-state index in [1.165, 1.54) is 12.3 Å². The van der Waals surface area contributed by atoms with E-state index < -0.39 is 17.8 Å². The van der Waals surface area contributed by atoms with E-state index in [0.717, 1.165) is 6.20 Å². The smallest absolute Gasteiger partial charge is 0.397 e. The number of amides is 1. The Morgan fingerprint density at radius 1 is 1.47 bits per heavy atom. The highest BCUT2D eigenvalue weighted by Crippen LogP contribution is 2.12. The summed E-state index contributed by atoms with van der Waals surface area (Å²) in [5, 5.41) is 10.9. The van der Waals surface area contributed by atoms with Crippen LogP contribution in [-0.2, 0) is 14.3 Å². The Morgan fingerprint density at radius 2 is 2.18 bits per heavy atom.